The van der Waals surface area contributed by atoms with Crippen LogP contribution in [0.25, 0.3) is 5.52 Å². The van der Waals surface area contributed by atoms with Crippen LogP contribution in [0.15, 0.2) is 24.4 Å². The summed E-state index contributed by atoms with van der Waals surface area (Å²) in [5, 5.41) is 15.4. The molecule has 0 atom stereocenters. The zero-order valence-corrected chi connectivity index (χ0v) is 6.94. The molecule has 5 heteroatoms. The normalized spacial score (nSPS) is 10.5. The minimum absolute atomic E-state index is 0.173. The van der Waals surface area contributed by atoms with E-state index in [-0.39, 0.29) is 6.73 Å². The first kappa shape index (κ1) is 7.88. The minimum atomic E-state index is -0.173. The van der Waals surface area contributed by atoms with Crippen molar-refractivity contribution in [3.8, 4) is 0 Å². The van der Waals surface area contributed by atoms with E-state index in [0.717, 1.165) is 5.52 Å². The topological polar surface area (TPSA) is 75.6 Å². The third-order valence-electron chi connectivity index (χ3n) is 1.82. The van der Waals surface area contributed by atoms with Gasteiger partial charge in [-0.25, -0.2) is 4.52 Å². The zero-order chi connectivity index (χ0) is 9.26. The van der Waals surface area contributed by atoms with Crippen LogP contribution in [0.3, 0.4) is 0 Å². The average Bonchev–Trinajstić information content (AvgIpc) is 2.46. The SMILES string of the molecule is Nc1c(NCO)nn2ccccc12. The second-order valence-electron chi connectivity index (χ2n) is 2.63. The number of rotatable bonds is 2. The lowest BCUT2D eigenvalue weighted by Crippen LogP contribution is -2.02. The number of anilines is 2. The Balaban J connectivity index is 2.60. The highest BCUT2D eigenvalue weighted by atomic mass is 16.3. The van der Waals surface area contributed by atoms with Crippen LogP contribution in [0.1, 0.15) is 0 Å². The van der Waals surface area contributed by atoms with E-state index >= 15 is 0 Å². The molecule has 0 saturated carbocycles. The lowest BCUT2D eigenvalue weighted by atomic mass is 10.3. The number of aliphatic hydroxyl groups is 1. The fourth-order valence-electron chi connectivity index (χ4n) is 1.22. The van der Waals surface area contributed by atoms with Gasteiger partial charge in [0.15, 0.2) is 5.82 Å². The number of aromatic nitrogens is 2. The van der Waals surface area contributed by atoms with E-state index in [1.807, 2.05) is 18.2 Å². The van der Waals surface area contributed by atoms with Crippen molar-refractivity contribution in [3.63, 3.8) is 0 Å². The van der Waals surface area contributed by atoms with Gasteiger partial charge in [-0.3, -0.25) is 0 Å². The Kier molecular flexibility index (Phi) is 1.79. The van der Waals surface area contributed by atoms with Crippen molar-refractivity contribution in [3.05, 3.63) is 24.4 Å². The Morgan fingerprint density at radius 3 is 3.08 bits per heavy atom. The van der Waals surface area contributed by atoms with Crippen molar-refractivity contribution in [2.24, 2.45) is 0 Å². The number of fused-ring (bicyclic) bond motifs is 1. The molecule has 2 rings (SSSR count). The fraction of sp³-hybridized carbons (Fsp3) is 0.125. The Labute approximate surface area is 74.8 Å². The standard InChI is InChI=1S/C8H10N4O/c9-7-6-3-1-2-4-12(6)11-8(7)10-5-13/h1-4,13H,5,9H2,(H,10,11). The van der Waals surface area contributed by atoms with Gasteiger partial charge < -0.3 is 16.2 Å². The molecule has 0 aliphatic rings. The highest BCUT2D eigenvalue weighted by molar-refractivity contribution is 5.80. The van der Waals surface area contributed by atoms with E-state index in [9.17, 15) is 0 Å². The van der Waals surface area contributed by atoms with Gasteiger partial charge in [0, 0.05) is 6.20 Å². The molecule has 13 heavy (non-hydrogen) atoms. The minimum Gasteiger partial charge on any atom is -0.394 e. The predicted molar refractivity (Wildman–Crippen MR) is 50.3 cm³/mol. The first-order valence-electron chi connectivity index (χ1n) is 3.90. The van der Waals surface area contributed by atoms with E-state index in [4.69, 9.17) is 10.8 Å². The molecule has 0 spiro atoms. The third-order valence-corrected chi connectivity index (χ3v) is 1.82. The molecular formula is C8H10N4O. The van der Waals surface area contributed by atoms with Crippen molar-refractivity contribution in [1.82, 2.24) is 9.61 Å². The molecule has 2 aromatic heterocycles. The summed E-state index contributed by atoms with van der Waals surface area (Å²) in [5.74, 6) is 0.508. The predicted octanol–water partition coefficient (Wildman–Crippen LogP) is 0.278. The average molecular weight is 178 g/mol. The van der Waals surface area contributed by atoms with Crippen LogP contribution < -0.4 is 11.1 Å². The van der Waals surface area contributed by atoms with Crippen molar-refractivity contribution in [2.75, 3.05) is 17.8 Å². The first-order chi connectivity index (χ1) is 6.33. The number of hydrogen-bond acceptors (Lipinski definition) is 4. The Bertz CT molecular complexity index is 423. The molecule has 2 aromatic rings. The monoisotopic (exact) mass is 178 g/mol. The largest absolute Gasteiger partial charge is 0.394 e. The molecule has 0 bridgehead atoms. The summed E-state index contributed by atoms with van der Waals surface area (Å²) in [6.45, 7) is -0.173. The molecule has 4 N–H and O–H groups in total. The molecule has 0 amide bonds. The van der Waals surface area contributed by atoms with Crippen molar-refractivity contribution >= 4 is 17.0 Å². The molecule has 0 saturated heterocycles. The Morgan fingerprint density at radius 2 is 2.38 bits per heavy atom. The zero-order valence-electron chi connectivity index (χ0n) is 6.94. The maximum atomic E-state index is 8.65. The van der Waals surface area contributed by atoms with Crippen LogP contribution >= 0.6 is 0 Å². The van der Waals surface area contributed by atoms with E-state index in [2.05, 4.69) is 10.4 Å². The van der Waals surface area contributed by atoms with Crippen LogP contribution in [0.5, 0.6) is 0 Å². The van der Waals surface area contributed by atoms with Gasteiger partial charge in [0.2, 0.25) is 0 Å². The van der Waals surface area contributed by atoms with Gasteiger partial charge >= 0.3 is 0 Å². The molecule has 0 aliphatic heterocycles. The maximum Gasteiger partial charge on any atom is 0.174 e. The summed E-state index contributed by atoms with van der Waals surface area (Å²) in [6.07, 6.45) is 1.80. The van der Waals surface area contributed by atoms with E-state index in [0.29, 0.717) is 11.5 Å². The highest BCUT2D eigenvalue weighted by Crippen LogP contribution is 2.21. The molecule has 2 heterocycles. The number of nitrogens with one attached hydrogen (secondary N) is 1. The van der Waals surface area contributed by atoms with Gasteiger partial charge in [-0.1, -0.05) is 6.07 Å². The summed E-state index contributed by atoms with van der Waals surface area (Å²) in [7, 11) is 0. The number of aliphatic hydroxyl groups excluding tert-OH is 1. The van der Waals surface area contributed by atoms with Crippen LogP contribution in [0, 0.1) is 0 Å². The van der Waals surface area contributed by atoms with Gasteiger partial charge in [0.1, 0.15) is 12.4 Å². The van der Waals surface area contributed by atoms with Crippen molar-refractivity contribution in [1.29, 1.82) is 0 Å². The van der Waals surface area contributed by atoms with Crippen molar-refractivity contribution < 1.29 is 5.11 Å². The van der Waals surface area contributed by atoms with Gasteiger partial charge in [-0.05, 0) is 12.1 Å². The van der Waals surface area contributed by atoms with Gasteiger partial charge in [-0.2, -0.15) is 0 Å². The van der Waals surface area contributed by atoms with Crippen LogP contribution in [0.4, 0.5) is 11.5 Å². The van der Waals surface area contributed by atoms with E-state index in [1.54, 1.807) is 10.7 Å². The molecule has 0 unspecified atom stereocenters. The Morgan fingerprint density at radius 1 is 1.54 bits per heavy atom. The number of nitrogens with zero attached hydrogens (tertiary/aromatic N) is 2. The number of pyridine rings is 1. The highest BCUT2D eigenvalue weighted by Gasteiger charge is 2.06. The Hall–Kier alpha value is -1.75. The van der Waals surface area contributed by atoms with Crippen molar-refractivity contribution in [2.45, 2.75) is 0 Å². The van der Waals surface area contributed by atoms with Gasteiger partial charge in [-0.15, -0.1) is 5.10 Å². The van der Waals surface area contributed by atoms with E-state index < -0.39 is 0 Å². The second-order valence-corrected chi connectivity index (χ2v) is 2.63. The molecule has 5 nitrogen and oxygen atoms in total. The maximum absolute atomic E-state index is 8.65. The number of nitrogens with two attached hydrogens (primary N) is 1. The van der Waals surface area contributed by atoms with Crippen LogP contribution in [0.2, 0.25) is 0 Å². The summed E-state index contributed by atoms with van der Waals surface area (Å²) < 4.78 is 1.66. The van der Waals surface area contributed by atoms with Gasteiger partial charge in [0.25, 0.3) is 0 Å². The van der Waals surface area contributed by atoms with Crippen LogP contribution in [-0.2, 0) is 0 Å². The molecule has 0 aromatic carbocycles. The third kappa shape index (κ3) is 1.19. The lowest BCUT2D eigenvalue weighted by molar-refractivity contribution is 0.325. The second kappa shape index (κ2) is 2.95. The molecule has 0 fully saturated rings. The number of nitrogen functional groups attached to an aromatic ring is 1. The molecule has 0 radical (unpaired) electrons. The van der Waals surface area contributed by atoms with E-state index in [1.165, 1.54) is 0 Å². The molecule has 68 valence electrons. The molecule has 0 aliphatic carbocycles. The smallest absolute Gasteiger partial charge is 0.174 e. The fourth-order valence-corrected chi connectivity index (χ4v) is 1.22. The summed E-state index contributed by atoms with van der Waals surface area (Å²) in [4.78, 5) is 0. The first-order valence-corrected chi connectivity index (χ1v) is 3.90. The molecular weight excluding hydrogens is 168 g/mol. The van der Waals surface area contributed by atoms with Gasteiger partial charge in [0.05, 0.1) is 5.52 Å². The summed E-state index contributed by atoms with van der Waals surface area (Å²) in [6, 6.07) is 5.61. The summed E-state index contributed by atoms with van der Waals surface area (Å²) in [5.41, 5.74) is 7.15. The quantitative estimate of drug-likeness (QED) is 0.577. The lowest BCUT2D eigenvalue weighted by Gasteiger charge is -1.95. The van der Waals surface area contributed by atoms with Crippen LogP contribution in [-0.4, -0.2) is 21.5 Å². The summed E-state index contributed by atoms with van der Waals surface area (Å²) >= 11 is 0. The number of hydrogen-bond donors (Lipinski definition) is 3.